The minimum atomic E-state index is -4.24. The van der Waals surface area contributed by atoms with Crippen LogP contribution in [0, 0.1) is 23.7 Å². The maximum absolute atomic E-state index is 12.6. The van der Waals surface area contributed by atoms with Crippen molar-refractivity contribution < 1.29 is 13.2 Å². The summed E-state index contributed by atoms with van der Waals surface area (Å²) in [6.07, 6.45) is 10.8. The van der Waals surface area contributed by atoms with Crippen molar-refractivity contribution in [2.45, 2.75) is 70.4 Å². The summed E-state index contributed by atoms with van der Waals surface area (Å²) >= 11 is 3.40. The highest BCUT2D eigenvalue weighted by molar-refractivity contribution is 9.11. The molecule has 0 atom stereocenters. The van der Waals surface area contributed by atoms with Crippen molar-refractivity contribution in [1.82, 2.24) is 0 Å². The fourth-order valence-electron chi connectivity index (χ4n) is 5.09. The molecule has 0 N–H and O–H groups in total. The number of aryl methyl sites for hydroxylation is 1. The van der Waals surface area contributed by atoms with E-state index in [1.807, 2.05) is 4.99 Å². The van der Waals surface area contributed by atoms with Gasteiger partial charge in [-0.15, -0.1) is 0 Å². The minimum absolute atomic E-state index is 0.548. The van der Waals surface area contributed by atoms with Crippen molar-refractivity contribution in [1.29, 1.82) is 0 Å². The lowest BCUT2D eigenvalue weighted by atomic mass is 9.68. The molecule has 0 nitrogen and oxygen atoms in total. The lowest BCUT2D eigenvalue weighted by Gasteiger charge is -2.37. The number of hydrogen-bond acceptors (Lipinski definition) is 0. The summed E-state index contributed by atoms with van der Waals surface area (Å²) in [5, 5.41) is 0. The van der Waals surface area contributed by atoms with Crippen molar-refractivity contribution in [3.8, 4) is 0 Å². The number of rotatable bonds is 5. The fraction of sp³-hybridized carbons (Fsp3) is 0.652. The highest BCUT2D eigenvalue weighted by Crippen LogP contribution is 2.42. The SMILES string of the molecule is FC(F)(F)c1ccc(CCC2CCC(C3CCC(/C=C/Br)CC3)CC2)cc1. The first kappa shape index (κ1) is 21.0. The summed E-state index contributed by atoms with van der Waals surface area (Å²) in [7, 11) is 0. The molecular weight excluding hydrogens is 413 g/mol. The third-order valence-corrected chi connectivity index (χ3v) is 7.15. The Kier molecular flexibility index (Phi) is 7.47. The van der Waals surface area contributed by atoms with Gasteiger partial charge in [-0.1, -0.05) is 47.0 Å². The Morgan fingerprint density at radius 1 is 0.852 bits per heavy atom. The molecule has 2 aliphatic rings. The molecule has 0 spiro atoms. The van der Waals surface area contributed by atoms with Gasteiger partial charge in [-0.05, 0) is 97.7 Å². The molecule has 0 amide bonds. The summed E-state index contributed by atoms with van der Waals surface area (Å²) in [4.78, 5) is 2.01. The summed E-state index contributed by atoms with van der Waals surface area (Å²) in [5.74, 6) is 3.33. The van der Waals surface area contributed by atoms with Gasteiger partial charge in [-0.3, -0.25) is 0 Å². The number of hydrogen-bond donors (Lipinski definition) is 0. The van der Waals surface area contributed by atoms with Crippen molar-refractivity contribution in [3.05, 3.63) is 46.5 Å². The molecule has 2 saturated carbocycles. The van der Waals surface area contributed by atoms with Gasteiger partial charge in [0.2, 0.25) is 0 Å². The Labute approximate surface area is 169 Å². The van der Waals surface area contributed by atoms with Crippen LogP contribution in [0.1, 0.15) is 68.9 Å². The van der Waals surface area contributed by atoms with E-state index in [4.69, 9.17) is 0 Å². The molecule has 0 saturated heterocycles. The molecule has 2 fully saturated rings. The molecule has 150 valence electrons. The second-order valence-corrected chi connectivity index (χ2v) is 9.04. The maximum atomic E-state index is 12.6. The first-order chi connectivity index (χ1) is 13.0. The average molecular weight is 443 g/mol. The molecular formula is C23H30BrF3. The standard InChI is InChI=1S/C23H30BrF3/c24-16-15-19-5-11-21(12-6-19)20-9-3-17(4-10-20)1-2-18-7-13-22(14-8-18)23(25,26)27/h7-8,13-17,19-21H,1-6,9-12H2/b16-15+. The third-order valence-electron chi connectivity index (χ3n) is 6.84. The molecule has 0 heterocycles. The second-order valence-electron chi connectivity index (χ2n) is 8.51. The van der Waals surface area contributed by atoms with Crippen LogP contribution in [0.2, 0.25) is 0 Å². The lowest BCUT2D eigenvalue weighted by molar-refractivity contribution is -0.137. The Bertz CT molecular complexity index is 589. The van der Waals surface area contributed by atoms with E-state index in [2.05, 4.69) is 22.0 Å². The van der Waals surface area contributed by atoms with E-state index < -0.39 is 11.7 Å². The van der Waals surface area contributed by atoms with Gasteiger partial charge < -0.3 is 0 Å². The van der Waals surface area contributed by atoms with Crippen LogP contribution >= 0.6 is 15.9 Å². The molecule has 4 heteroatoms. The van der Waals surface area contributed by atoms with Crippen molar-refractivity contribution >= 4 is 15.9 Å². The molecule has 27 heavy (non-hydrogen) atoms. The number of alkyl halides is 3. The molecule has 0 aromatic heterocycles. The Morgan fingerprint density at radius 2 is 1.41 bits per heavy atom. The molecule has 2 aliphatic carbocycles. The van der Waals surface area contributed by atoms with Crippen LogP contribution in [-0.2, 0) is 12.6 Å². The zero-order valence-electron chi connectivity index (χ0n) is 15.9. The zero-order chi connectivity index (χ0) is 19.3. The molecule has 3 rings (SSSR count). The van der Waals surface area contributed by atoms with Gasteiger partial charge in [0, 0.05) is 0 Å². The van der Waals surface area contributed by atoms with Crippen LogP contribution in [0.15, 0.2) is 35.3 Å². The van der Waals surface area contributed by atoms with E-state index in [1.165, 1.54) is 63.5 Å². The largest absolute Gasteiger partial charge is 0.416 e. The first-order valence-corrected chi connectivity index (χ1v) is 11.3. The third kappa shape index (κ3) is 6.10. The topological polar surface area (TPSA) is 0 Å². The van der Waals surface area contributed by atoms with Crippen LogP contribution in [-0.4, -0.2) is 0 Å². The lowest BCUT2D eigenvalue weighted by Crippen LogP contribution is -2.25. The molecule has 1 aromatic rings. The maximum Gasteiger partial charge on any atom is 0.416 e. The molecule has 0 radical (unpaired) electrons. The summed E-state index contributed by atoms with van der Waals surface area (Å²) in [5.41, 5.74) is 0.483. The van der Waals surface area contributed by atoms with E-state index in [1.54, 1.807) is 12.1 Å². The first-order valence-electron chi connectivity index (χ1n) is 10.4. The summed E-state index contributed by atoms with van der Waals surface area (Å²) < 4.78 is 37.9. The van der Waals surface area contributed by atoms with Gasteiger partial charge in [0.25, 0.3) is 0 Å². The van der Waals surface area contributed by atoms with Crippen LogP contribution in [0.25, 0.3) is 0 Å². The number of allylic oxidation sites excluding steroid dienone is 1. The zero-order valence-corrected chi connectivity index (χ0v) is 17.4. The predicted octanol–water partition coefficient (Wildman–Crippen LogP) is 8.16. The van der Waals surface area contributed by atoms with E-state index in [-0.39, 0.29) is 0 Å². The Balaban J connectivity index is 1.38. The monoisotopic (exact) mass is 442 g/mol. The minimum Gasteiger partial charge on any atom is -0.166 e. The molecule has 0 aliphatic heterocycles. The van der Waals surface area contributed by atoms with E-state index in [0.717, 1.165) is 42.1 Å². The van der Waals surface area contributed by atoms with E-state index >= 15 is 0 Å². The quantitative estimate of drug-likeness (QED) is 0.431. The number of benzene rings is 1. The van der Waals surface area contributed by atoms with Crippen molar-refractivity contribution in [2.24, 2.45) is 23.7 Å². The van der Waals surface area contributed by atoms with Gasteiger partial charge in [-0.25, -0.2) is 0 Å². The Morgan fingerprint density at radius 3 is 1.93 bits per heavy atom. The van der Waals surface area contributed by atoms with Crippen molar-refractivity contribution in [3.63, 3.8) is 0 Å². The number of halogens is 4. The average Bonchev–Trinajstić information content (AvgIpc) is 2.67. The van der Waals surface area contributed by atoms with Gasteiger partial charge in [-0.2, -0.15) is 13.2 Å². The molecule has 0 bridgehead atoms. The van der Waals surface area contributed by atoms with Crippen LogP contribution in [0.4, 0.5) is 13.2 Å². The molecule has 1 aromatic carbocycles. The van der Waals surface area contributed by atoms with Crippen LogP contribution in [0.5, 0.6) is 0 Å². The summed E-state index contributed by atoms with van der Waals surface area (Å²) in [6.45, 7) is 0. The second kappa shape index (κ2) is 9.62. The van der Waals surface area contributed by atoms with Gasteiger partial charge in [0.1, 0.15) is 0 Å². The smallest absolute Gasteiger partial charge is 0.166 e. The normalized spacial score (nSPS) is 29.9. The fourth-order valence-corrected chi connectivity index (χ4v) is 5.52. The predicted molar refractivity (Wildman–Crippen MR) is 109 cm³/mol. The van der Waals surface area contributed by atoms with Crippen LogP contribution < -0.4 is 0 Å². The highest BCUT2D eigenvalue weighted by atomic mass is 79.9. The molecule has 0 unspecified atom stereocenters. The van der Waals surface area contributed by atoms with Crippen molar-refractivity contribution in [2.75, 3.05) is 0 Å². The Hall–Kier alpha value is -0.770. The highest BCUT2D eigenvalue weighted by Gasteiger charge is 2.31. The van der Waals surface area contributed by atoms with E-state index in [0.29, 0.717) is 0 Å². The van der Waals surface area contributed by atoms with Gasteiger partial charge >= 0.3 is 6.18 Å². The van der Waals surface area contributed by atoms with E-state index in [9.17, 15) is 13.2 Å². The van der Waals surface area contributed by atoms with Gasteiger partial charge in [0.05, 0.1) is 5.56 Å². The van der Waals surface area contributed by atoms with Gasteiger partial charge in [0.15, 0.2) is 0 Å². The van der Waals surface area contributed by atoms with Crippen LogP contribution in [0.3, 0.4) is 0 Å². The summed E-state index contributed by atoms with van der Waals surface area (Å²) in [6, 6.07) is 5.73.